The first-order chi connectivity index (χ1) is 18.6. The predicted molar refractivity (Wildman–Crippen MR) is 143 cm³/mol. The van der Waals surface area contributed by atoms with Gasteiger partial charge in [-0.25, -0.2) is 8.78 Å². The van der Waals surface area contributed by atoms with Crippen LogP contribution < -0.4 is 11.1 Å². The minimum Gasteiger partial charge on any atom is -0.378 e. The molecule has 0 bridgehead atoms. The molecule has 3 amide bonds. The molecule has 4 N–H and O–H groups in total. The first-order valence-corrected chi connectivity index (χ1v) is 12.6. The van der Waals surface area contributed by atoms with Gasteiger partial charge in [0.2, 0.25) is 11.8 Å². The standard InChI is InChI=1S/C27H24Cl2F2N4O4/c28-16-2-3-17(21(31)12-16)26-18(14-33-22(26)5-6-25(37)35-7-9-39-10-8-35)27(38)34-23(13-24(32)36)15-1-4-20(30)19(29)11-15/h1-6,11-12,14,23,33H,7-10,13H2,(H2,32,36)(H,34,38)/b6-5+/t23-/m0/s1. The molecule has 204 valence electrons. The lowest BCUT2D eigenvalue weighted by molar-refractivity contribution is -0.129. The van der Waals surface area contributed by atoms with Crippen LogP contribution in [0.3, 0.4) is 0 Å². The van der Waals surface area contributed by atoms with Crippen LogP contribution >= 0.6 is 23.2 Å². The maximum atomic E-state index is 15.1. The molecule has 8 nitrogen and oxygen atoms in total. The summed E-state index contributed by atoms with van der Waals surface area (Å²) in [5.74, 6) is -3.02. The average Bonchev–Trinajstić information content (AvgIpc) is 3.32. The molecule has 3 aromatic rings. The Balaban J connectivity index is 1.70. The number of nitrogens with zero attached hydrogens (tertiary/aromatic N) is 1. The maximum absolute atomic E-state index is 15.1. The topological polar surface area (TPSA) is 118 Å². The highest BCUT2D eigenvalue weighted by Crippen LogP contribution is 2.33. The fourth-order valence-electron chi connectivity index (χ4n) is 4.19. The van der Waals surface area contributed by atoms with Gasteiger partial charge >= 0.3 is 0 Å². The molecule has 2 aromatic carbocycles. The number of hydrogen-bond acceptors (Lipinski definition) is 4. The van der Waals surface area contributed by atoms with Gasteiger partial charge in [-0.05, 0) is 42.0 Å². The van der Waals surface area contributed by atoms with Crippen molar-refractivity contribution in [3.05, 3.63) is 87.2 Å². The van der Waals surface area contributed by atoms with E-state index in [4.69, 9.17) is 33.7 Å². The second kappa shape index (κ2) is 12.4. The Morgan fingerprint density at radius 1 is 1.10 bits per heavy atom. The first-order valence-electron chi connectivity index (χ1n) is 11.9. The van der Waals surface area contributed by atoms with E-state index in [1.165, 1.54) is 42.6 Å². The lowest BCUT2D eigenvalue weighted by Crippen LogP contribution is -2.39. The highest BCUT2D eigenvalue weighted by Gasteiger charge is 2.25. The maximum Gasteiger partial charge on any atom is 0.253 e. The summed E-state index contributed by atoms with van der Waals surface area (Å²) >= 11 is 11.8. The molecular weight excluding hydrogens is 553 g/mol. The van der Waals surface area contributed by atoms with E-state index in [0.717, 1.165) is 12.1 Å². The molecule has 1 aliphatic heterocycles. The summed E-state index contributed by atoms with van der Waals surface area (Å²) in [5, 5.41) is 2.66. The SMILES string of the molecule is NC(=O)C[C@H](NC(=O)c1c[nH]c(/C=C/C(=O)N2CCOCC2)c1-c1ccc(Cl)cc1F)c1ccc(F)c(Cl)c1. The third-order valence-electron chi connectivity index (χ3n) is 6.13. The number of carbonyl (C=O) groups excluding carboxylic acids is 3. The van der Waals surface area contributed by atoms with Crippen molar-refractivity contribution < 1.29 is 27.9 Å². The summed E-state index contributed by atoms with van der Waals surface area (Å²) < 4.78 is 34.0. The number of amides is 3. The molecule has 0 aliphatic carbocycles. The van der Waals surface area contributed by atoms with E-state index in [1.807, 2.05) is 0 Å². The lowest BCUT2D eigenvalue weighted by Gasteiger charge is -2.25. The summed E-state index contributed by atoms with van der Waals surface area (Å²) in [6, 6.07) is 6.81. The van der Waals surface area contributed by atoms with Gasteiger partial charge in [-0.15, -0.1) is 0 Å². The molecule has 39 heavy (non-hydrogen) atoms. The van der Waals surface area contributed by atoms with Gasteiger partial charge in [-0.2, -0.15) is 0 Å². The van der Waals surface area contributed by atoms with E-state index in [1.54, 1.807) is 4.90 Å². The van der Waals surface area contributed by atoms with Crippen molar-refractivity contribution in [3.63, 3.8) is 0 Å². The van der Waals surface area contributed by atoms with Gasteiger partial charge in [-0.1, -0.05) is 29.3 Å². The quantitative estimate of drug-likeness (QED) is 0.342. The number of primary amides is 1. The molecule has 12 heteroatoms. The van der Waals surface area contributed by atoms with E-state index in [-0.39, 0.29) is 39.1 Å². The minimum absolute atomic E-state index is 0.0253. The number of halogens is 4. The monoisotopic (exact) mass is 576 g/mol. The highest BCUT2D eigenvalue weighted by molar-refractivity contribution is 6.31. The van der Waals surface area contributed by atoms with Crippen LogP contribution in [0.5, 0.6) is 0 Å². The van der Waals surface area contributed by atoms with Crippen LogP contribution in [0.2, 0.25) is 10.0 Å². The number of H-pyrrole nitrogens is 1. The molecule has 1 aromatic heterocycles. The van der Waals surface area contributed by atoms with E-state index in [2.05, 4.69) is 10.3 Å². The summed E-state index contributed by atoms with van der Waals surface area (Å²) in [4.78, 5) is 42.4. The van der Waals surface area contributed by atoms with Crippen molar-refractivity contribution in [2.24, 2.45) is 5.73 Å². The Labute approximate surface area is 232 Å². The van der Waals surface area contributed by atoms with Crippen molar-refractivity contribution in [1.29, 1.82) is 0 Å². The lowest BCUT2D eigenvalue weighted by atomic mass is 9.98. The number of morpholine rings is 1. The Morgan fingerprint density at radius 2 is 1.85 bits per heavy atom. The van der Waals surface area contributed by atoms with E-state index < -0.39 is 29.5 Å². The second-order valence-electron chi connectivity index (χ2n) is 8.76. The fourth-order valence-corrected chi connectivity index (χ4v) is 4.54. The number of aromatic nitrogens is 1. The van der Waals surface area contributed by atoms with E-state index >= 15 is 4.39 Å². The summed E-state index contributed by atoms with van der Waals surface area (Å²) in [6.07, 6.45) is 3.84. The van der Waals surface area contributed by atoms with E-state index in [9.17, 15) is 18.8 Å². The van der Waals surface area contributed by atoms with Crippen LogP contribution in [0.15, 0.2) is 48.7 Å². The van der Waals surface area contributed by atoms with Gasteiger partial charge in [0, 0.05) is 47.2 Å². The van der Waals surface area contributed by atoms with Crippen LogP contribution in [-0.4, -0.2) is 53.9 Å². The van der Waals surface area contributed by atoms with Crippen molar-refractivity contribution in [1.82, 2.24) is 15.2 Å². The molecule has 0 saturated carbocycles. The predicted octanol–water partition coefficient (Wildman–Crippen LogP) is 4.49. The van der Waals surface area contributed by atoms with Crippen LogP contribution in [0.25, 0.3) is 17.2 Å². The van der Waals surface area contributed by atoms with Crippen LogP contribution in [-0.2, 0) is 14.3 Å². The number of nitrogens with two attached hydrogens (primary N) is 1. The van der Waals surface area contributed by atoms with Crippen molar-refractivity contribution >= 4 is 47.0 Å². The average molecular weight is 577 g/mol. The molecule has 1 saturated heterocycles. The molecule has 0 unspecified atom stereocenters. The molecule has 0 spiro atoms. The molecule has 1 aliphatic rings. The van der Waals surface area contributed by atoms with Gasteiger partial charge in [0.05, 0.1) is 36.3 Å². The number of hydrogen-bond donors (Lipinski definition) is 3. The van der Waals surface area contributed by atoms with Crippen LogP contribution in [0.1, 0.15) is 34.1 Å². The molecule has 1 atom stereocenters. The fraction of sp³-hybridized carbons (Fsp3) is 0.222. The van der Waals surface area contributed by atoms with Gasteiger partial charge < -0.3 is 25.7 Å². The zero-order valence-corrected chi connectivity index (χ0v) is 22.0. The van der Waals surface area contributed by atoms with Gasteiger partial charge in [0.25, 0.3) is 5.91 Å². The number of nitrogens with one attached hydrogen (secondary N) is 2. The first kappa shape index (κ1) is 28.3. The van der Waals surface area contributed by atoms with Gasteiger partial charge in [-0.3, -0.25) is 14.4 Å². The molecule has 1 fully saturated rings. The van der Waals surface area contributed by atoms with Crippen LogP contribution in [0, 0.1) is 11.6 Å². The normalized spacial score (nSPS) is 14.4. The Morgan fingerprint density at radius 3 is 2.51 bits per heavy atom. The summed E-state index contributed by atoms with van der Waals surface area (Å²) in [6.45, 7) is 1.74. The van der Waals surface area contributed by atoms with Crippen molar-refractivity contribution in [3.8, 4) is 11.1 Å². The molecule has 2 heterocycles. The zero-order valence-electron chi connectivity index (χ0n) is 20.5. The summed E-state index contributed by atoms with van der Waals surface area (Å²) in [7, 11) is 0. The number of ether oxygens (including phenoxy) is 1. The summed E-state index contributed by atoms with van der Waals surface area (Å²) in [5.41, 5.74) is 6.27. The Kier molecular flexibility index (Phi) is 9.01. The third kappa shape index (κ3) is 6.83. The van der Waals surface area contributed by atoms with Crippen molar-refractivity contribution in [2.75, 3.05) is 26.3 Å². The smallest absolute Gasteiger partial charge is 0.253 e. The largest absolute Gasteiger partial charge is 0.378 e. The molecule has 0 radical (unpaired) electrons. The minimum atomic E-state index is -0.951. The molecule has 4 rings (SSSR count). The number of carbonyl (C=O) groups is 3. The number of benzene rings is 2. The van der Waals surface area contributed by atoms with Gasteiger partial charge in [0.1, 0.15) is 11.6 Å². The highest BCUT2D eigenvalue weighted by atomic mass is 35.5. The number of aromatic amines is 1. The van der Waals surface area contributed by atoms with Gasteiger partial charge in [0.15, 0.2) is 0 Å². The Bertz CT molecular complexity index is 1440. The number of rotatable bonds is 8. The van der Waals surface area contributed by atoms with E-state index in [0.29, 0.717) is 37.6 Å². The molecular formula is C27H24Cl2F2N4O4. The van der Waals surface area contributed by atoms with Crippen LogP contribution in [0.4, 0.5) is 8.78 Å². The second-order valence-corrected chi connectivity index (χ2v) is 9.60. The Hall–Kier alpha value is -3.73. The zero-order chi connectivity index (χ0) is 28.1. The van der Waals surface area contributed by atoms with Crippen molar-refractivity contribution in [2.45, 2.75) is 12.5 Å². The third-order valence-corrected chi connectivity index (χ3v) is 6.65.